The normalized spacial score (nSPS) is 30.3. The van der Waals surface area contributed by atoms with Gasteiger partial charge in [-0.15, -0.1) is 0 Å². The summed E-state index contributed by atoms with van der Waals surface area (Å²) in [6, 6.07) is 6.26. The van der Waals surface area contributed by atoms with Gasteiger partial charge in [0.25, 0.3) is 0 Å². The molecule has 2 saturated heterocycles. The van der Waals surface area contributed by atoms with Crippen molar-refractivity contribution in [3.8, 4) is 57.1 Å². The lowest BCUT2D eigenvalue weighted by molar-refractivity contribution is -0.333. The molecule has 17 rings (SSSR count). The van der Waals surface area contributed by atoms with Gasteiger partial charge in [-0.1, -0.05) is 62.7 Å². The van der Waals surface area contributed by atoms with Crippen molar-refractivity contribution < 1.29 is 118 Å². The molecule has 4 saturated carbocycles. The number of nitrogens with two attached hydrogens (primary N) is 1. The van der Waals surface area contributed by atoms with Crippen molar-refractivity contribution in [2.45, 2.75) is 215 Å². The van der Waals surface area contributed by atoms with E-state index < -0.39 is 221 Å². The number of likely N-dealkylation sites (N-methyl/N-ethyl adjacent to an activating group) is 2. The smallest absolute Gasteiger partial charge is 0.325 e. The van der Waals surface area contributed by atoms with Gasteiger partial charge in [-0.05, 0) is 221 Å². The van der Waals surface area contributed by atoms with Gasteiger partial charge in [-0.3, -0.25) is 43.7 Å². The predicted molar refractivity (Wildman–Crippen MR) is 447 cm³/mol. The number of fused-ring (bicyclic) bond motifs is 15. The second-order valence-electron chi connectivity index (χ2n) is 34.5. The van der Waals surface area contributed by atoms with Gasteiger partial charge in [0.05, 0.1) is 36.3 Å². The van der Waals surface area contributed by atoms with Gasteiger partial charge in [0.2, 0.25) is 59.3 Å². The van der Waals surface area contributed by atoms with Crippen molar-refractivity contribution in [2.75, 3.05) is 32.1 Å². The van der Waals surface area contributed by atoms with Gasteiger partial charge in [0.15, 0.2) is 23.9 Å². The first kappa shape index (κ1) is 90.4. The van der Waals surface area contributed by atoms with E-state index in [1.165, 1.54) is 58.2 Å². The standard InChI is InChI=1S/C88H107ClN12O24/c1-8-92-20-19-40-9-14-49(15-10-40)93-87(119)95-63(106)34-55-80(113)97-68-48-30-60(121-58-17-12-44(22-38(58)4)72(107)70(84(117)94-55)100-79(112)54(91-7)21-37(2)3)76(125-86-77(75(110)74(109)62(36-102)123-86)124-64-35-88(6,90)78(111)39(5)120-64)61(31-48)122-59-18-13-45(29-53(59)89)73(108)71-85(118)99-69(83(116)96-66-46-24-41-23-42(26-46)27-47(66)25-41)52-32-50(103)33-57(105)65(52)51-28-43(11-16-56(51)104)67(81(114)101-71)98-82(68)115/h9-18,22,28-33,37,39,41-42,46-47,54-55,62,64,66-75,77-78,86,91-92,102-105,107-111H,8,19-21,23-27,34-36,90H2,1-7H3,(H,94,117)(H,96,116)(H,97,113)(H,98,115)(H,99,118)(H,100,112)(H,101,114)(H2,93,95,106,119)/t39-,41?,42?,46?,47?,54+,55-,62+,64-,66?,67+,68+,69-,70+,71-,72+,73+,74+,75-,77+,78+,86-,88-/m0/s1. The second-order valence-corrected chi connectivity index (χ2v) is 34.9. The van der Waals surface area contributed by atoms with Crippen LogP contribution in [0.5, 0.6) is 46.0 Å². The van der Waals surface area contributed by atoms with Crippen LogP contribution in [0.4, 0.5) is 10.5 Å². The lowest BCUT2D eigenvalue weighted by Crippen LogP contribution is -2.64. The van der Waals surface area contributed by atoms with Crippen LogP contribution in [0.2, 0.25) is 5.02 Å². The monoisotopic (exact) mass is 1750 g/mol. The average molecular weight is 1750 g/mol. The van der Waals surface area contributed by atoms with Crippen LogP contribution >= 0.6 is 11.6 Å². The maximum absolute atomic E-state index is 16.7. The molecule has 10 amide bonds. The third-order valence-electron chi connectivity index (χ3n) is 24.9. The fraction of sp³-hybridized carbons (Fsp3) is 0.489. The Labute approximate surface area is 724 Å². The summed E-state index contributed by atoms with van der Waals surface area (Å²) < 4.78 is 39.4. The number of phenolic OH excluding ortho intramolecular Hbond substituents is 3. The molecule has 6 aromatic carbocycles. The number of aryl methyl sites for hydroxylation is 1. The number of halogens is 1. The molecule has 4 aliphatic carbocycles. The summed E-state index contributed by atoms with van der Waals surface area (Å²) in [5.74, 6) is -13.0. The van der Waals surface area contributed by atoms with E-state index in [-0.39, 0.29) is 92.8 Å². The van der Waals surface area contributed by atoms with E-state index in [4.69, 9.17) is 45.8 Å². The predicted octanol–water partition coefficient (Wildman–Crippen LogP) is 3.63. The van der Waals surface area contributed by atoms with Crippen molar-refractivity contribution in [1.29, 1.82) is 0 Å². The van der Waals surface area contributed by atoms with Crippen LogP contribution in [0, 0.1) is 36.5 Å². The first-order valence-electron chi connectivity index (χ1n) is 42.0. The quantitative estimate of drug-likeness (QED) is 0.0515. The van der Waals surface area contributed by atoms with E-state index in [1.54, 1.807) is 24.3 Å². The summed E-state index contributed by atoms with van der Waals surface area (Å²) in [4.78, 5) is 139. The van der Waals surface area contributed by atoms with Crippen LogP contribution in [0.1, 0.15) is 155 Å². The van der Waals surface area contributed by atoms with Gasteiger partial charge < -0.3 is 133 Å². The Kier molecular flexibility index (Phi) is 27.3. The van der Waals surface area contributed by atoms with Gasteiger partial charge in [0.1, 0.15) is 95.5 Å². The zero-order valence-electron chi connectivity index (χ0n) is 69.7. The fourth-order valence-electron chi connectivity index (χ4n) is 18.6. The van der Waals surface area contributed by atoms with Crippen molar-refractivity contribution in [3.63, 3.8) is 0 Å². The number of nitrogens with one attached hydrogen (secondary N) is 11. The molecule has 11 aliphatic rings. The Balaban J connectivity index is 0.955. The summed E-state index contributed by atoms with van der Waals surface area (Å²) in [6.45, 7) is 10.6. The number of benzene rings is 6. The number of amides is 10. The second kappa shape index (κ2) is 37.8. The SMILES string of the molecule is CCNCCc1ccc(NC(=O)NC(=O)C[C@@H]2NC(=O)[C@H](NC(=O)[C@@H](CC(C)C)NC)[C@H](O)c3ccc(c(C)c3)Oc3cc4cc(c3O[C@@H]3O[C@H](CO)[C@@H](O)[C@H](O)[C@H]3O[C@H]3C[C@](C)(N)[C@H](O)[C@H](C)O3)Oc3ccc(cc3Cl)[C@@H](O)[C@@H]3NC(=O)[C@H](NC(=O)[C@@H]4NC2=O)c2ccc(O)c(c2)-c2c(O)cc(O)cc2[C@@H](C(=O)NC2C4CC5CC(C4)CC2C5)NC3=O)cc1. The molecule has 22 N–H and O–H groups in total. The summed E-state index contributed by atoms with van der Waals surface area (Å²) in [5.41, 5.74) is 4.46. The van der Waals surface area contributed by atoms with Gasteiger partial charge in [-0.2, -0.15) is 0 Å². The summed E-state index contributed by atoms with van der Waals surface area (Å²) in [7, 11) is 1.49. The number of phenols is 3. The number of anilines is 1. The minimum atomic E-state index is -2.38. The Morgan fingerprint density at radius 3 is 1.98 bits per heavy atom. The first-order chi connectivity index (χ1) is 59.5. The minimum absolute atomic E-state index is 0.0583. The fourth-order valence-corrected chi connectivity index (χ4v) is 18.8. The number of ether oxygens (including phenoxy) is 6. The van der Waals surface area contributed by atoms with E-state index in [0.717, 1.165) is 92.7 Å². The van der Waals surface area contributed by atoms with Crippen molar-refractivity contribution >= 4 is 70.6 Å². The molecular formula is C88H107ClN12O24. The van der Waals surface area contributed by atoms with Crippen LogP contribution in [0.15, 0.2) is 103 Å². The number of imide groups is 1. The van der Waals surface area contributed by atoms with Crippen LogP contribution in [-0.4, -0.2) is 211 Å². The van der Waals surface area contributed by atoms with Gasteiger partial charge >= 0.3 is 6.03 Å². The highest BCUT2D eigenvalue weighted by molar-refractivity contribution is 6.32. The van der Waals surface area contributed by atoms with E-state index in [2.05, 4.69) is 58.5 Å². The van der Waals surface area contributed by atoms with E-state index in [9.17, 15) is 60.3 Å². The topological polar surface area (TPSA) is 549 Å². The Morgan fingerprint density at radius 2 is 1.34 bits per heavy atom. The Morgan fingerprint density at radius 1 is 0.688 bits per heavy atom. The highest BCUT2D eigenvalue weighted by Crippen LogP contribution is 2.55. The first-order valence-corrected chi connectivity index (χ1v) is 42.4. The van der Waals surface area contributed by atoms with E-state index in [1.807, 2.05) is 20.8 Å². The molecule has 18 atom stereocenters. The van der Waals surface area contributed by atoms with Crippen LogP contribution in [0.25, 0.3) is 11.1 Å². The molecule has 0 aromatic heterocycles. The number of carbonyl (C=O) groups is 9. The zero-order valence-corrected chi connectivity index (χ0v) is 70.4. The Hall–Kier alpha value is -10.8. The molecule has 7 aliphatic heterocycles. The molecule has 15 bridgehead atoms. The molecule has 0 unspecified atom stereocenters. The number of aliphatic hydroxyl groups excluding tert-OH is 6. The lowest BCUT2D eigenvalue weighted by Gasteiger charge is -2.54. The summed E-state index contributed by atoms with van der Waals surface area (Å²) >= 11 is 7.31. The van der Waals surface area contributed by atoms with Gasteiger partial charge in [0, 0.05) is 40.9 Å². The minimum Gasteiger partial charge on any atom is -0.508 e. The number of carbonyl (C=O) groups excluding carboxylic acids is 9. The number of aliphatic hydroxyl groups is 6. The number of rotatable bonds is 19. The largest absolute Gasteiger partial charge is 0.508 e. The van der Waals surface area contributed by atoms with Crippen molar-refractivity contribution in [2.24, 2.45) is 35.3 Å². The van der Waals surface area contributed by atoms with Crippen LogP contribution in [0.3, 0.4) is 0 Å². The molecule has 6 aromatic rings. The highest BCUT2D eigenvalue weighted by atomic mass is 35.5. The zero-order chi connectivity index (χ0) is 89.5. The maximum Gasteiger partial charge on any atom is 0.325 e. The Bertz CT molecular complexity index is 5070. The maximum atomic E-state index is 16.7. The molecule has 7 heterocycles. The summed E-state index contributed by atoms with van der Waals surface area (Å²) in [5, 5.41) is 136. The molecule has 6 fully saturated rings. The molecule has 0 radical (unpaired) electrons. The third kappa shape index (κ3) is 19.7. The molecule has 37 heteroatoms. The van der Waals surface area contributed by atoms with Crippen LogP contribution < -0.4 is 78.4 Å². The van der Waals surface area contributed by atoms with E-state index >= 15 is 28.8 Å². The van der Waals surface area contributed by atoms with Crippen molar-refractivity contribution in [3.05, 3.63) is 147 Å². The average Bonchev–Trinajstić information content (AvgIpc) is 0.757. The number of aromatic hydroxyl groups is 3. The molecule has 125 heavy (non-hydrogen) atoms. The van der Waals surface area contributed by atoms with Crippen molar-refractivity contribution in [1.82, 2.24) is 53.2 Å². The highest BCUT2D eigenvalue weighted by Gasteiger charge is 2.53. The molecule has 36 nitrogen and oxygen atoms in total. The van der Waals surface area contributed by atoms with E-state index in [0.29, 0.717) is 24.8 Å². The third-order valence-corrected chi connectivity index (χ3v) is 25.2. The summed E-state index contributed by atoms with van der Waals surface area (Å²) in [6.07, 6.45) is -13.6. The molecular weight excluding hydrogens is 1640 g/mol. The lowest BCUT2D eigenvalue weighted by atomic mass is 9.54. The number of urea groups is 1. The number of hydrogen-bond donors (Lipinski definition) is 21. The van der Waals surface area contributed by atoms with Crippen LogP contribution in [-0.2, 0) is 59.0 Å². The number of hydrogen-bond acceptors (Lipinski definition) is 27. The molecule has 0 spiro atoms. The molecule has 670 valence electrons. The van der Waals surface area contributed by atoms with Gasteiger partial charge in [-0.25, -0.2) is 4.79 Å².